The fourth-order valence-electron chi connectivity index (χ4n) is 4.69. The Morgan fingerprint density at radius 3 is 1.39 bits per heavy atom. The zero-order chi connectivity index (χ0) is 28.9. The summed E-state index contributed by atoms with van der Waals surface area (Å²) in [5, 5.41) is 5.99. The molecule has 0 bridgehead atoms. The lowest BCUT2D eigenvalue weighted by molar-refractivity contribution is -0.122. The topological polar surface area (TPSA) is 197 Å². The summed E-state index contributed by atoms with van der Waals surface area (Å²) in [5.41, 5.74) is 14.0. The van der Waals surface area contributed by atoms with Gasteiger partial charge in [0.15, 0.2) is 22.9 Å². The number of aryl methyl sites for hydroxylation is 2. The molecule has 14 heteroatoms. The van der Waals surface area contributed by atoms with Gasteiger partial charge in [0.1, 0.15) is 23.7 Å². The van der Waals surface area contributed by atoms with Crippen molar-refractivity contribution in [3.05, 3.63) is 25.3 Å². The average molecular weight is 565 g/mol. The van der Waals surface area contributed by atoms with Gasteiger partial charge in [0.25, 0.3) is 0 Å². The number of nitrogen functional groups attached to an aromatic ring is 2. The highest BCUT2D eigenvalue weighted by Crippen LogP contribution is 2.15. The molecule has 0 aliphatic heterocycles. The summed E-state index contributed by atoms with van der Waals surface area (Å²) < 4.78 is 3.64. The maximum absolute atomic E-state index is 12.2. The molecular formula is C27H40N12O2. The number of hydrogen-bond donors (Lipinski definition) is 4. The first kappa shape index (κ1) is 29.6. The minimum Gasteiger partial charge on any atom is -0.382 e. The average Bonchev–Trinajstić information content (AvgIpc) is 3.59. The summed E-state index contributed by atoms with van der Waals surface area (Å²) >= 11 is 0. The van der Waals surface area contributed by atoms with E-state index < -0.39 is 0 Å². The normalized spacial score (nSPS) is 11.3. The predicted molar refractivity (Wildman–Crippen MR) is 156 cm³/mol. The third kappa shape index (κ3) is 8.82. The van der Waals surface area contributed by atoms with Crippen LogP contribution in [0.4, 0.5) is 11.6 Å². The van der Waals surface area contributed by atoms with Crippen molar-refractivity contribution in [2.24, 2.45) is 0 Å². The second-order valence-electron chi connectivity index (χ2n) is 10.1. The van der Waals surface area contributed by atoms with E-state index in [0.29, 0.717) is 73.0 Å². The highest BCUT2D eigenvalue weighted by Gasteiger charge is 2.10. The molecule has 0 saturated heterocycles. The number of nitrogens with one attached hydrogen (secondary N) is 2. The quantitative estimate of drug-likeness (QED) is 0.130. The smallest absolute Gasteiger partial charge is 0.221 e. The van der Waals surface area contributed by atoms with Gasteiger partial charge < -0.3 is 31.2 Å². The van der Waals surface area contributed by atoms with Crippen LogP contribution in [0.2, 0.25) is 0 Å². The van der Waals surface area contributed by atoms with Crippen molar-refractivity contribution < 1.29 is 9.59 Å². The molecule has 0 aromatic carbocycles. The third-order valence-corrected chi connectivity index (χ3v) is 7.02. The molecule has 0 aliphatic rings. The molecule has 0 radical (unpaired) electrons. The third-order valence-electron chi connectivity index (χ3n) is 7.02. The number of anilines is 2. The minimum absolute atomic E-state index is 0.0255. The summed E-state index contributed by atoms with van der Waals surface area (Å²) in [4.78, 5) is 49.0. The Balaban J connectivity index is 0.926. The Bertz CT molecular complexity index is 1310. The lowest BCUT2D eigenvalue weighted by atomic mass is 10.1. The molecular weight excluding hydrogens is 524 g/mol. The van der Waals surface area contributed by atoms with Crippen LogP contribution in [0, 0.1) is 0 Å². The Labute approximate surface area is 238 Å². The summed E-state index contributed by atoms with van der Waals surface area (Å²) in [5.74, 6) is 0.737. The zero-order valence-corrected chi connectivity index (χ0v) is 23.5. The molecule has 4 heterocycles. The lowest BCUT2D eigenvalue weighted by Crippen LogP contribution is -2.25. The number of rotatable bonds is 18. The van der Waals surface area contributed by atoms with E-state index in [9.17, 15) is 9.59 Å². The van der Waals surface area contributed by atoms with Crippen molar-refractivity contribution in [2.75, 3.05) is 24.6 Å². The van der Waals surface area contributed by atoms with Crippen LogP contribution in [0.15, 0.2) is 25.3 Å². The van der Waals surface area contributed by atoms with Crippen LogP contribution in [-0.4, -0.2) is 63.9 Å². The van der Waals surface area contributed by atoms with Crippen molar-refractivity contribution in [3.8, 4) is 0 Å². The molecule has 4 aromatic rings. The zero-order valence-electron chi connectivity index (χ0n) is 23.5. The van der Waals surface area contributed by atoms with Gasteiger partial charge in [-0.05, 0) is 12.8 Å². The van der Waals surface area contributed by atoms with Crippen molar-refractivity contribution in [3.63, 3.8) is 0 Å². The van der Waals surface area contributed by atoms with Gasteiger partial charge in [-0.15, -0.1) is 0 Å². The summed E-state index contributed by atoms with van der Waals surface area (Å²) in [6.07, 6.45) is 17.0. The number of carbonyl (C=O) groups excluding carboxylic acids is 2. The molecule has 0 saturated carbocycles. The van der Waals surface area contributed by atoms with E-state index in [1.807, 2.05) is 9.13 Å². The molecule has 4 rings (SSSR count). The second-order valence-corrected chi connectivity index (χ2v) is 10.1. The van der Waals surface area contributed by atoms with Gasteiger partial charge in [-0.3, -0.25) is 9.59 Å². The van der Waals surface area contributed by atoms with Crippen LogP contribution in [0.1, 0.15) is 70.6 Å². The Hall–Kier alpha value is -4.36. The van der Waals surface area contributed by atoms with Gasteiger partial charge in [-0.1, -0.05) is 44.9 Å². The Kier molecular flexibility index (Phi) is 11.1. The van der Waals surface area contributed by atoms with E-state index in [4.69, 9.17) is 11.5 Å². The van der Waals surface area contributed by atoms with Gasteiger partial charge in [0.05, 0.1) is 12.7 Å². The fourth-order valence-corrected chi connectivity index (χ4v) is 4.69. The van der Waals surface area contributed by atoms with E-state index in [1.165, 1.54) is 44.8 Å². The van der Waals surface area contributed by atoms with E-state index >= 15 is 0 Å². The van der Waals surface area contributed by atoms with Crippen LogP contribution in [-0.2, 0) is 22.7 Å². The van der Waals surface area contributed by atoms with Crippen LogP contribution in [0.25, 0.3) is 22.3 Å². The highest BCUT2D eigenvalue weighted by molar-refractivity contribution is 5.82. The number of carbonyl (C=O) groups is 2. The van der Waals surface area contributed by atoms with Crippen LogP contribution in [0.5, 0.6) is 0 Å². The minimum atomic E-state index is 0.0255. The molecule has 4 aromatic heterocycles. The lowest BCUT2D eigenvalue weighted by Gasteiger charge is -2.07. The van der Waals surface area contributed by atoms with Crippen LogP contribution < -0.4 is 22.1 Å². The first-order valence-corrected chi connectivity index (χ1v) is 14.4. The van der Waals surface area contributed by atoms with Crippen molar-refractivity contribution in [1.82, 2.24) is 49.7 Å². The van der Waals surface area contributed by atoms with Gasteiger partial charge in [0, 0.05) is 39.0 Å². The number of nitrogens with two attached hydrogens (primary N) is 2. The van der Waals surface area contributed by atoms with Crippen molar-refractivity contribution in [2.45, 2.75) is 83.7 Å². The van der Waals surface area contributed by atoms with Gasteiger partial charge in [-0.2, -0.15) is 0 Å². The van der Waals surface area contributed by atoms with E-state index in [1.54, 1.807) is 12.7 Å². The van der Waals surface area contributed by atoms with E-state index in [-0.39, 0.29) is 11.8 Å². The number of nitrogens with zero attached hydrogens (tertiary/aromatic N) is 8. The number of hydrogen-bond acceptors (Lipinski definition) is 10. The summed E-state index contributed by atoms with van der Waals surface area (Å²) in [6.45, 7) is 2.40. The van der Waals surface area contributed by atoms with Crippen molar-refractivity contribution >= 4 is 45.8 Å². The standard InChI is InChI=1S/C27H40N12O2/c28-24-22-26(34-16-32-24)38(18-36-22)14-10-20(40)30-12-8-6-4-2-1-3-5-7-9-13-31-21(41)11-15-39-19-37-23-25(29)33-17-35-27(23)39/h16-19H,1-15H2,(H,30,40)(H,31,41)(H2,28,32,34)(H2,29,33,35). The maximum atomic E-state index is 12.2. The molecule has 0 aliphatic carbocycles. The van der Waals surface area contributed by atoms with Gasteiger partial charge in [0.2, 0.25) is 11.8 Å². The van der Waals surface area contributed by atoms with Crippen LogP contribution >= 0.6 is 0 Å². The maximum Gasteiger partial charge on any atom is 0.221 e. The molecule has 0 spiro atoms. The highest BCUT2D eigenvalue weighted by atomic mass is 16.2. The molecule has 220 valence electrons. The largest absolute Gasteiger partial charge is 0.382 e. The number of aromatic nitrogens is 8. The number of imidazole rings is 2. The molecule has 41 heavy (non-hydrogen) atoms. The second kappa shape index (κ2) is 15.4. The molecule has 2 amide bonds. The molecule has 6 N–H and O–H groups in total. The monoisotopic (exact) mass is 564 g/mol. The van der Waals surface area contributed by atoms with Gasteiger partial charge >= 0.3 is 0 Å². The first-order chi connectivity index (χ1) is 20.0. The SMILES string of the molecule is Nc1ncnc2c1ncn2CCC(=O)NCCCCCCCCCCCNC(=O)CCn1cnc2c(N)ncnc21. The van der Waals surface area contributed by atoms with Gasteiger partial charge in [-0.25, -0.2) is 29.9 Å². The van der Waals surface area contributed by atoms with Crippen molar-refractivity contribution in [1.29, 1.82) is 0 Å². The molecule has 0 unspecified atom stereocenters. The van der Waals surface area contributed by atoms with E-state index in [2.05, 4.69) is 40.5 Å². The summed E-state index contributed by atoms with van der Waals surface area (Å²) in [7, 11) is 0. The fraction of sp³-hybridized carbons (Fsp3) is 0.556. The predicted octanol–water partition coefficient (Wildman–Crippen LogP) is 2.35. The molecule has 0 atom stereocenters. The molecule has 0 fully saturated rings. The number of fused-ring (bicyclic) bond motifs is 2. The van der Waals surface area contributed by atoms with E-state index in [0.717, 1.165) is 25.7 Å². The Morgan fingerprint density at radius 2 is 0.976 bits per heavy atom. The number of amides is 2. The first-order valence-electron chi connectivity index (χ1n) is 14.4. The number of unbranched alkanes of at least 4 members (excludes halogenated alkanes) is 8. The molecule has 14 nitrogen and oxygen atoms in total. The Morgan fingerprint density at radius 1 is 0.585 bits per heavy atom. The summed E-state index contributed by atoms with van der Waals surface area (Å²) in [6, 6.07) is 0. The van der Waals surface area contributed by atoms with Crippen LogP contribution in [0.3, 0.4) is 0 Å².